The van der Waals surface area contributed by atoms with Gasteiger partial charge in [-0.25, -0.2) is 0 Å². The SMILES string of the molecule is COc1cc(OC)c(OC)cc1CNC(=O)c1ccc(OCc2noc(C)n2)cc1. The molecule has 3 rings (SSSR count). The van der Waals surface area contributed by atoms with Crippen LogP contribution in [0.25, 0.3) is 0 Å². The maximum Gasteiger partial charge on any atom is 0.251 e. The topological polar surface area (TPSA) is 105 Å². The standard InChI is InChI=1S/C21H23N3O6/c1-13-23-20(24-30-13)12-29-16-7-5-14(6-8-16)21(25)22-11-15-9-18(27-3)19(28-4)10-17(15)26-2/h5-10H,11-12H2,1-4H3,(H,22,25). The highest BCUT2D eigenvalue weighted by atomic mass is 16.5. The summed E-state index contributed by atoms with van der Waals surface area (Å²) < 4.78 is 26.5. The lowest BCUT2D eigenvalue weighted by Gasteiger charge is -2.14. The summed E-state index contributed by atoms with van der Waals surface area (Å²) in [6, 6.07) is 10.3. The molecular weight excluding hydrogens is 390 g/mol. The van der Waals surface area contributed by atoms with E-state index in [-0.39, 0.29) is 19.1 Å². The molecule has 0 saturated heterocycles. The van der Waals surface area contributed by atoms with Crippen molar-refractivity contribution in [3.8, 4) is 23.0 Å². The van der Waals surface area contributed by atoms with Crippen LogP contribution in [0.5, 0.6) is 23.0 Å². The van der Waals surface area contributed by atoms with Crippen molar-refractivity contribution >= 4 is 5.91 Å². The lowest BCUT2D eigenvalue weighted by Crippen LogP contribution is -2.23. The molecule has 1 N–H and O–H groups in total. The van der Waals surface area contributed by atoms with Crippen molar-refractivity contribution in [2.45, 2.75) is 20.1 Å². The van der Waals surface area contributed by atoms with Gasteiger partial charge in [0.2, 0.25) is 11.7 Å². The van der Waals surface area contributed by atoms with E-state index < -0.39 is 0 Å². The first-order valence-corrected chi connectivity index (χ1v) is 9.13. The normalized spacial score (nSPS) is 10.4. The van der Waals surface area contributed by atoms with E-state index in [0.29, 0.717) is 40.3 Å². The second kappa shape index (κ2) is 9.64. The summed E-state index contributed by atoms with van der Waals surface area (Å²) in [5.41, 5.74) is 1.26. The van der Waals surface area contributed by atoms with Crippen LogP contribution in [0.15, 0.2) is 40.9 Å². The van der Waals surface area contributed by atoms with Crippen molar-refractivity contribution in [3.05, 3.63) is 59.2 Å². The molecule has 0 saturated carbocycles. The highest BCUT2D eigenvalue weighted by molar-refractivity contribution is 5.94. The number of methoxy groups -OCH3 is 3. The summed E-state index contributed by atoms with van der Waals surface area (Å²) >= 11 is 0. The fourth-order valence-corrected chi connectivity index (χ4v) is 2.76. The summed E-state index contributed by atoms with van der Waals surface area (Å²) in [5.74, 6) is 3.00. The van der Waals surface area contributed by atoms with Crippen LogP contribution in [0.4, 0.5) is 0 Å². The molecule has 0 fully saturated rings. The van der Waals surface area contributed by atoms with Crippen LogP contribution in [0.1, 0.15) is 27.6 Å². The van der Waals surface area contributed by atoms with E-state index >= 15 is 0 Å². The molecule has 0 atom stereocenters. The quantitative estimate of drug-likeness (QED) is 0.571. The number of aryl methyl sites for hydroxylation is 1. The molecule has 0 aliphatic carbocycles. The lowest BCUT2D eigenvalue weighted by molar-refractivity contribution is 0.0950. The van der Waals surface area contributed by atoms with E-state index in [1.807, 2.05) is 0 Å². The Morgan fingerprint density at radius 3 is 2.27 bits per heavy atom. The number of aromatic nitrogens is 2. The van der Waals surface area contributed by atoms with Gasteiger partial charge in [0.15, 0.2) is 18.1 Å². The van der Waals surface area contributed by atoms with Gasteiger partial charge < -0.3 is 28.8 Å². The predicted octanol–water partition coefficient (Wildman–Crippen LogP) is 2.91. The average molecular weight is 413 g/mol. The number of carbonyl (C=O) groups excluding carboxylic acids is 1. The number of nitrogens with one attached hydrogen (secondary N) is 1. The Kier molecular flexibility index (Phi) is 6.74. The molecule has 30 heavy (non-hydrogen) atoms. The zero-order valence-corrected chi connectivity index (χ0v) is 17.2. The molecule has 1 amide bonds. The highest BCUT2D eigenvalue weighted by Crippen LogP contribution is 2.34. The molecule has 0 spiro atoms. The average Bonchev–Trinajstić information content (AvgIpc) is 3.20. The van der Waals surface area contributed by atoms with E-state index in [1.165, 1.54) is 0 Å². The zero-order chi connectivity index (χ0) is 21.5. The lowest BCUT2D eigenvalue weighted by atomic mass is 10.1. The Labute approximate surface area is 173 Å². The second-order valence-corrected chi connectivity index (χ2v) is 6.24. The van der Waals surface area contributed by atoms with Gasteiger partial charge in [-0.05, 0) is 30.3 Å². The van der Waals surface area contributed by atoms with Crippen LogP contribution in [0.2, 0.25) is 0 Å². The van der Waals surface area contributed by atoms with Gasteiger partial charge in [-0.15, -0.1) is 0 Å². The van der Waals surface area contributed by atoms with Crippen molar-refractivity contribution < 1.29 is 28.3 Å². The minimum Gasteiger partial charge on any atom is -0.496 e. The van der Waals surface area contributed by atoms with Crippen LogP contribution >= 0.6 is 0 Å². The Hall–Kier alpha value is -3.75. The van der Waals surface area contributed by atoms with Crippen molar-refractivity contribution in [1.82, 2.24) is 15.5 Å². The summed E-state index contributed by atoms with van der Waals surface area (Å²) in [6.07, 6.45) is 0. The van der Waals surface area contributed by atoms with Crippen molar-refractivity contribution in [2.75, 3.05) is 21.3 Å². The van der Waals surface area contributed by atoms with Crippen LogP contribution in [-0.4, -0.2) is 37.4 Å². The first kappa shape index (κ1) is 21.0. The monoisotopic (exact) mass is 413 g/mol. The molecule has 0 unspecified atom stereocenters. The first-order chi connectivity index (χ1) is 14.5. The van der Waals surface area contributed by atoms with Gasteiger partial charge in [0.05, 0.1) is 21.3 Å². The number of rotatable bonds is 9. The third kappa shape index (κ3) is 4.99. The molecule has 9 heteroatoms. The Balaban J connectivity index is 1.61. The van der Waals surface area contributed by atoms with E-state index in [0.717, 1.165) is 5.56 Å². The molecule has 0 bridgehead atoms. The molecule has 9 nitrogen and oxygen atoms in total. The number of ether oxygens (including phenoxy) is 4. The largest absolute Gasteiger partial charge is 0.496 e. The second-order valence-electron chi connectivity index (χ2n) is 6.24. The maximum atomic E-state index is 12.5. The number of nitrogens with zero attached hydrogens (tertiary/aromatic N) is 2. The fraction of sp³-hybridized carbons (Fsp3) is 0.286. The zero-order valence-electron chi connectivity index (χ0n) is 17.2. The Morgan fingerprint density at radius 2 is 1.67 bits per heavy atom. The van der Waals surface area contributed by atoms with Gasteiger partial charge in [-0.1, -0.05) is 5.16 Å². The Morgan fingerprint density at radius 1 is 1.00 bits per heavy atom. The molecule has 0 aliphatic rings. The highest BCUT2D eigenvalue weighted by Gasteiger charge is 2.13. The minimum atomic E-state index is -0.229. The molecule has 1 heterocycles. The number of carbonyl (C=O) groups is 1. The molecular formula is C21H23N3O6. The van der Waals surface area contributed by atoms with Crippen LogP contribution < -0.4 is 24.3 Å². The predicted molar refractivity (Wildman–Crippen MR) is 107 cm³/mol. The molecule has 0 aliphatic heterocycles. The van der Waals surface area contributed by atoms with Crippen molar-refractivity contribution in [1.29, 1.82) is 0 Å². The summed E-state index contributed by atoms with van der Waals surface area (Å²) in [6.45, 7) is 2.15. The number of amides is 1. The summed E-state index contributed by atoms with van der Waals surface area (Å²) in [4.78, 5) is 16.6. The summed E-state index contributed by atoms with van der Waals surface area (Å²) in [5, 5.41) is 6.64. The van der Waals surface area contributed by atoms with Crippen LogP contribution in [0, 0.1) is 6.92 Å². The van der Waals surface area contributed by atoms with Gasteiger partial charge in [-0.3, -0.25) is 4.79 Å². The molecule has 0 radical (unpaired) electrons. The minimum absolute atomic E-state index is 0.183. The van der Waals surface area contributed by atoms with E-state index in [4.69, 9.17) is 23.5 Å². The Bertz CT molecular complexity index is 1000. The van der Waals surface area contributed by atoms with Gasteiger partial charge in [0.25, 0.3) is 5.91 Å². The number of hydrogen-bond donors (Lipinski definition) is 1. The fourth-order valence-electron chi connectivity index (χ4n) is 2.76. The van der Waals surface area contributed by atoms with E-state index in [9.17, 15) is 4.79 Å². The molecule has 3 aromatic rings. The van der Waals surface area contributed by atoms with Crippen LogP contribution in [-0.2, 0) is 13.2 Å². The number of hydrogen-bond acceptors (Lipinski definition) is 8. The first-order valence-electron chi connectivity index (χ1n) is 9.13. The molecule has 1 aromatic heterocycles. The summed E-state index contributed by atoms with van der Waals surface area (Å²) in [7, 11) is 4.66. The van der Waals surface area contributed by atoms with Gasteiger partial charge >= 0.3 is 0 Å². The van der Waals surface area contributed by atoms with Crippen molar-refractivity contribution in [2.24, 2.45) is 0 Å². The van der Waals surface area contributed by atoms with Crippen molar-refractivity contribution in [3.63, 3.8) is 0 Å². The van der Waals surface area contributed by atoms with E-state index in [2.05, 4.69) is 15.5 Å². The smallest absolute Gasteiger partial charge is 0.251 e. The van der Waals surface area contributed by atoms with Gasteiger partial charge in [-0.2, -0.15) is 4.98 Å². The number of benzene rings is 2. The third-order valence-electron chi connectivity index (χ3n) is 4.28. The van der Waals surface area contributed by atoms with Crippen LogP contribution in [0.3, 0.4) is 0 Å². The van der Waals surface area contributed by atoms with E-state index in [1.54, 1.807) is 64.7 Å². The third-order valence-corrected chi connectivity index (χ3v) is 4.28. The van der Waals surface area contributed by atoms with Gasteiger partial charge in [0.1, 0.15) is 11.5 Å². The molecule has 2 aromatic carbocycles. The maximum absolute atomic E-state index is 12.5. The van der Waals surface area contributed by atoms with Gasteiger partial charge in [0, 0.05) is 30.7 Å². The molecule has 158 valence electrons.